The van der Waals surface area contributed by atoms with Crippen LogP contribution in [0.3, 0.4) is 0 Å². The molecule has 0 radical (unpaired) electrons. The summed E-state index contributed by atoms with van der Waals surface area (Å²) in [5.74, 6) is 1.99. The van der Waals surface area contributed by atoms with Crippen molar-refractivity contribution in [2.45, 2.75) is 38.3 Å². The Hall–Kier alpha value is -1.47. The fourth-order valence-electron chi connectivity index (χ4n) is 2.50. The Morgan fingerprint density at radius 3 is 3.15 bits per heavy atom. The zero-order chi connectivity index (χ0) is 13.9. The monoisotopic (exact) mass is 279 g/mol. The zero-order valence-electron chi connectivity index (χ0n) is 11.8. The molecule has 110 valence electrons. The Bertz CT molecular complexity index is 471. The van der Waals surface area contributed by atoms with Gasteiger partial charge in [0.15, 0.2) is 5.82 Å². The number of aromatic nitrogens is 2. The van der Waals surface area contributed by atoms with E-state index >= 15 is 0 Å². The van der Waals surface area contributed by atoms with Crippen LogP contribution in [0.4, 0.5) is 0 Å². The molecule has 2 aliphatic rings. The lowest BCUT2D eigenvalue weighted by Crippen LogP contribution is -2.57. The SMILES string of the molecule is CCNC(=O)C1CNCCN1Cc1nc(C2CC2)no1. The molecule has 0 bridgehead atoms. The van der Waals surface area contributed by atoms with Crippen molar-refractivity contribution in [2.75, 3.05) is 26.2 Å². The molecule has 1 saturated heterocycles. The fourth-order valence-corrected chi connectivity index (χ4v) is 2.50. The van der Waals surface area contributed by atoms with Crippen molar-refractivity contribution in [3.05, 3.63) is 11.7 Å². The number of nitrogens with one attached hydrogen (secondary N) is 2. The van der Waals surface area contributed by atoms with Crippen molar-refractivity contribution < 1.29 is 9.32 Å². The van der Waals surface area contributed by atoms with Gasteiger partial charge in [-0.05, 0) is 19.8 Å². The van der Waals surface area contributed by atoms with E-state index in [9.17, 15) is 4.79 Å². The van der Waals surface area contributed by atoms with E-state index in [1.54, 1.807) is 0 Å². The number of amides is 1. The van der Waals surface area contributed by atoms with E-state index in [1.807, 2.05) is 6.92 Å². The topological polar surface area (TPSA) is 83.3 Å². The summed E-state index contributed by atoms with van der Waals surface area (Å²) >= 11 is 0. The first-order valence-electron chi connectivity index (χ1n) is 7.33. The summed E-state index contributed by atoms with van der Waals surface area (Å²) in [5.41, 5.74) is 0. The average Bonchev–Trinajstić information content (AvgIpc) is 3.20. The molecular weight excluding hydrogens is 258 g/mol. The van der Waals surface area contributed by atoms with E-state index < -0.39 is 0 Å². The van der Waals surface area contributed by atoms with E-state index in [4.69, 9.17) is 4.52 Å². The second kappa shape index (κ2) is 5.88. The van der Waals surface area contributed by atoms with Gasteiger partial charge < -0.3 is 15.2 Å². The third-order valence-electron chi connectivity index (χ3n) is 3.77. The number of piperazine rings is 1. The molecule has 1 amide bonds. The van der Waals surface area contributed by atoms with Crippen molar-refractivity contribution in [3.63, 3.8) is 0 Å². The minimum atomic E-state index is -0.167. The van der Waals surface area contributed by atoms with E-state index in [0.29, 0.717) is 31.4 Å². The predicted molar refractivity (Wildman–Crippen MR) is 72.0 cm³/mol. The second-order valence-electron chi connectivity index (χ2n) is 5.41. The van der Waals surface area contributed by atoms with Gasteiger partial charge in [-0.2, -0.15) is 4.98 Å². The Morgan fingerprint density at radius 2 is 2.40 bits per heavy atom. The molecule has 2 heterocycles. The molecule has 1 aromatic rings. The summed E-state index contributed by atoms with van der Waals surface area (Å²) in [7, 11) is 0. The van der Waals surface area contributed by atoms with Gasteiger partial charge in [0.25, 0.3) is 0 Å². The van der Waals surface area contributed by atoms with Crippen molar-refractivity contribution in [1.82, 2.24) is 25.7 Å². The number of carbonyl (C=O) groups excluding carboxylic acids is 1. The van der Waals surface area contributed by atoms with Crippen molar-refractivity contribution >= 4 is 5.91 Å². The minimum absolute atomic E-state index is 0.0571. The van der Waals surface area contributed by atoms with Gasteiger partial charge in [-0.25, -0.2) is 0 Å². The molecule has 7 nitrogen and oxygen atoms in total. The molecule has 1 saturated carbocycles. The van der Waals surface area contributed by atoms with Gasteiger partial charge in [-0.15, -0.1) is 0 Å². The molecule has 1 unspecified atom stereocenters. The minimum Gasteiger partial charge on any atom is -0.355 e. The lowest BCUT2D eigenvalue weighted by Gasteiger charge is -2.33. The predicted octanol–water partition coefficient (Wildman–Crippen LogP) is -0.143. The molecule has 3 rings (SSSR count). The second-order valence-corrected chi connectivity index (χ2v) is 5.41. The van der Waals surface area contributed by atoms with Gasteiger partial charge in [0, 0.05) is 32.1 Å². The highest BCUT2D eigenvalue weighted by Gasteiger charge is 2.31. The van der Waals surface area contributed by atoms with Crippen LogP contribution in [-0.2, 0) is 11.3 Å². The van der Waals surface area contributed by atoms with Crippen LogP contribution in [0.2, 0.25) is 0 Å². The van der Waals surface area contributed by atoms with Crippen molar-refractivity contribution in [3.8, 4) is 0 Å². The number of hydrogen-bond donors (Lipinski definition) is 2. The average molecular weight is 279 g/mol. The third kappa shape index (κ3) is 2.99. The fraction of sp³-hybridized carbons (Fsp3) is 0.769. The lowest BCUT2D eigenvalue weighted by atomic mass is 10.1. The maximum atomic E-state index is 12.1. The molecule has 2 N–H and O–H groups in total. The molecule has 0 aromatic carbocycles. The maximum absolute atomic E-state index is 12.1. The quantitative estimate of drug-likeness (QED) is 0.780. The first-order chi connectivity index (χ1) is 9.78. The standard InChI is InChI=1S/C13H21N5O2/c1-2-15-13(19)10-7-14-5-6-18(10)8-11-16-12(17-20-11)9-3-4-9/h9-10,14H,2-8H2,1H3,(H,15,19). The highest BCUT2D eigenvalue weighted by atomic mass is 16.5. The molecule has 0 spiro atoms. The van der Waals surface area contributed by atoms with Crippen LogP contribution < -0.4 is 10.6 Å². The molecule has 2 fully saturated rings. The smallest absolute Gasteiger partial charge is 0.240 e. The number of likely N-dealkylation sites (N-methyl/N-ethyl adjacent to an activating group) is 1. The normalized spacial score (nSPS) is 23.8. The first-order valence-corrected chi connectivity index (χ1v) is 7.33. The summed E-state index contributed by atoms with van der Waals surface area (Å²) in [6.45, 7) is 5.47. The van der Waals surface area contributed by atoms with Crippen LogP contribution in [-0.4, -0.2) is 53.2 Å². The van der Waals surface area contributed by atoms with Crippen LogP contribution in [0.1, 0.15) is 37.4 Å². The highest BCUT2D eigenvalue weighted by molar-refractivity contribution is 5.82. The Morgan fingerprint density at radius 1 is 1.55 bits per heavy atom. The molecular formula is C13H21N5O2. The van der Waals surface area contributed by atoms with Gasteiger partial charge in [0.2, 0.25) is 11.8 Å². The molecule has 20 heavy (non-hydrogen) atoms. The molecule has 1 aromatic heterocycles. The third-order valence-corrected chi connectivity index (χ3v) is 3.77. The van der Waals surface area contributed by atoms with Gasteiger partial charge in [-0.1, -0.05) is 5.16 Å². The Labute approximate surface area is 118 Å². The van der Waals surface area contributed by atoms with Crippen molar-refractivity contribution in [1.29, 1.82) is 0 Å². The first kappa shape index (κ1) is 13.5. The van der Waals surface area contributed by atoms with E-state index in [2.05, 4.69) is 25.7 Å². The summed E-state index contributed by atoms with van der Waals surface area (Å²) < 4.78 is 5.30. The largest absolute Gasteiger partial charge is 0.355 e. The lowest BCUT2D eigenvalue weighted by molar-refractivity contribution is -0.127. The summed E-state index contributed by atoms with van der Waals surface area (Å²) in [6, 6.07) is -0.167. The highest BCUT2D eigenvalue weighted by Crippen LogP contribution is 2.38. The maximum Gasteiger partial charge on any atom is 0.240 e. The van der Waals surface area contributed by atoms with Crippen LogP contribution in [0.15, 0.2) is 4.52 Å². The van der Waals surface area contributed by atoms with E-state index in [0.717, 1.165) is 31.8 Å². The van der Waals surface area contributed by atoms with Gasteiger partial charge in [0.05, 0.1) is 6.54 Å². The number of rotatable bonds is 5. The summed E-state index contributed by atoms with van der Waals surface area (Å²) in [6.07, 6.45) is 2.32. The molecule has 7 heteroatoms. The number of hydrogen-bond acceptors (Lipinski definition) is 6. The summed E-state index contributed by atoms with van der Waals surface area (Å²) in [5, 5.41) is 10.2. The number of carbonyl (C=O) groups is 1. The number of nitrogens with zero attached hydrogens (tertiary/aromatic N) is 3. The zero-order valence-corrected chi connectivity index (χ0v) is 11.8. The van der Waals surface area contributed by atoms with Gasteiger partial charge >= 0.3 is 0 Å². The van der Waals surface area contributed by atoms with E-state index in [1.165, 1.54) is 0 Å². The van der Waals surface area contributed by atoms with E-state index in [-0.39, 0.29) is 11.9 Å². The van der Waals surface area contributed by atoms with Crippen LogP contribution >= 0.6 is 0 Å². The van der Waals surface area contributed by atoms with Crippen LogP contribution in [0, 0.1) is 0 Å². The van der Waals surface area contributed by atoms with Crippen LogP contribution in [0.5, 0.6) is 0 Å². The summed E-state index contributed by atoms with van der Waals surface area (Å²) in [4.78, 5) is 18.6. The van der Waals surface area contributed by atoms with Crippen molar-refractivity contribution in [2.24, 2.45) is 0 Å². The Kier molecular flexibility index (Phi) is 3.98. The van der Waals surface area contributed by atoms with Crippen LogP contribution in [0.25, 0.3) is 0 Å². The molecule has 1 aliphatic heterocycles. The van der Waals surface area contributed by atoms with Gasteiger partial charge in [0.1, 0.15) is 6.04 Å². The molecule has 1 aliphatic carbocycles. The Balaban J connectivity index is 1.64. The molecule has 1 atom stereocenters. The van der Waals surface area contributed by atoms with Gasteiger partial charge in [-0.3, -0.25) is 9.69 Å².